The maximum Gasteiger partial charge on any atom is 0.347 e. The molecule has 1 aromatic carbocycles. The molecule has 130 valence electrons. The van der Waals surface area contributed by atoms with E-state index in [1.54, 1.807) is 0 Å². The molecule has 0 aromatic heterocycles. The fourth-order valence-electron chi connectivity index (χ4n) is 2.85. The van der Waals surface area contributed by atoms with Crippen molar-refractivity contribution in [1.82, 2.24) is 0 Å². The smallest absolute Gasteiger partial charge is 0.347 e. The molecule has 2 rings (SSSR count). The van der Waals surface area contributed by atoms with E-state index >= 15 is 0 Å². The topological polar surface area (TPSA) is 61.5 Å². The van der Waals surface area contributed by atoms with Crippen molar-refractivity contribution in [2.75, 3.05) is 6.61 Å². The minimum atomic E-state index is -0.518. The van der Waals surface area contributed by atoms with Gasteiger partial charge in [-0.25, -0.2) is 4.79 Å². The van der Waals surface area contributed by atoms with Crippen LogP contribution in [0, 0.1) is 0 Å². The van der Waals surface area contributed by atoms with Crippen LogP contribution in [-0.4, -0.2) is 24.7 Å². The molecule has 0 fully saturated rings. The lowest BCUT2D eigenvalue weighted by Gasteiger charge is -2.23. The highest BCUT2D eigenvalue weighted by atomic mass is 35.5. The molecule has 0 saturated heterocycles. The van der Waals surface area contributed by atoms with Crippen molar-refractivity contribution in [3.8, 4) is 5.75 Å². The van der Waals surface area contributed by atoms with E-state index < -0.39 is 6.10 Å². The number of hydrogen-bond acceptors (Lipinski definition) is 4. The maximum atomic E-state index is 12.0. The average molecular weight is 342 g/mol. The van der Waals surface area contributed by atoms with Crippen molar-refractivity contribution in [2.24, 2.45) is 5.73 Å². The van der Waals surface area contributed by atoms with E-state index in [9.17, 15) is 4.79 Å². The predicted molar refractivity (Wildman–Crippen MR) is 94.3 cm³/mol. The highest BCUT2D eigenvalue weighted by molar-refractivity contribution is 5.85. The van der Waals surface area contributed by atoms with E-state index in [1.165, 1.54) is 11.1 Å². The maximum absolute atomic E-state index is 12.0. The second-order valence-electron chi connectivity index (χ2n) is 5.93. The third kappa shape index (κ3) is 5.70. The van der Waals surface area contributed by atoms with Gasteiger partial charge in [0.25, 0.3) is 0 Å². The summed E-state index contributed by atoms with van der Waals surface area (Å²) in [6, 6.07) is 6.31. The van der Waals surface area contributed by atoms with Gasteiger partial charge in [-0.3, -0.25) is 0 Å². The second-order valence-corrected chi connectivity index (χ2v) is 5.93. The summed E-state index contributed by atoms with van der Waals surface area (Å²) in [5, 5.41) is 0. The van der Waals surface area contributed by atoms with E-state index in [4.69, 9.17) is 15.2 Å². The number of carbonyl (C=O) groups excluding carboxylic acids is 1. The largest absolute Gasteiger partial charge is 0.479 e. The number of ether oxygens (including phenoxy) is 2. The molecule has 0 spiro atoms. The van der Waals surface area contributed by atoms with Crippen molar-refractivity contribution in [3.05, 3.63) is 29.3 Å². The molecule has 0 saturated carbocycles. The van der Waals surface area contributed by atoms with E-state index in [0.29, 0.717) is 13.0 Å². The van der Waals surface area contributed by atoms with Gasteiger partial charge in [-0.15, -0.1) is 12.4 Å². The van der Waals surface area contributed by atoms with Crippen LogP contribution in [0.5, 0.6) is 5.75 Å². The molecule has 4 nitrogen and oxygen atoms in total. The Hall–Kier alpha value is -1.26. The fraction of sp³-hybridized carbons (Fsp3) is 0.611. The first kappa shape index (κ1) is 19.8. The minimum absolute atomic E-state index is 0. The van der Waals surface area contributed by atoms with E-state index in [1.807, 2.05) is 19.1 Å². The quantitative estimate of drug-likeness (QED) is 0.772. The van der Waals surface area contributed by atoms with Gasteiger partial charge in [0, 0.05) is 6.04 Å². The Bertz CT molecular complexity index is 507. The molecular formula is C18H28ClNO3. The Morgan fingerprint density at radius 2 is 2.13 bits per heavy atom. The molecule has 0 bridgehead atoms. The van der Waals surface area contributed by atoms with Crippen LogP contribution >= 0.6 is 12.4 Å². The van der Waals surface area contributed by atoms with Crippen LogP contribution < -0.4 is 10.5 Å². The third-order valence-corrected chi connectivity index (χ3v) is 4.09. The summed E-state index contributed by atoms with van der Waals surface area (Å²) in [4.78, 5) is 12.0. The van der Waals surface area contributed by atoms with Gasteiger partial charge in [0.1, 0.15) is 5.75 Å². The SMILES string of the molecule is CCCCC(Oc1ccc2c(c1)CC(N)CC2)C(=O)OCC.Cl. The molecule has 0 aliphatic heterocycles. The lowest BCUT2D eigenvalue weighted by Crippen LogP contribution is -2.30. The summed E-state index contributed by atoms with van der Waals surface area (Å²) in [6.07, 6.45) is 5.08. The molecule has 23 heavy (non-hydrogen) atoms. The molecule has 0 amide bonds. The Morgan fingerprint density at radius 1 is 1.35 bits per heavy atom. The number of aryl methyl sites for hydroxylation is 1. The van der Waals surface area contributed by atoms with Crippen molar-refractivity contribution >= 4 is 18.4 Å². The standard InChI is InChI=1S/C18H27NO3.ClH/c1-3-5-6-17(18(20)21-4-2)22-16-10-8-13-7-9-15(19)11-14(13)12-16;/h8,10,12,15,17H,3-7,9,11,19H2,1-2H3;1H. The van der Waals surface area contributed by atoms with Gasteiger partial charge in [-0.1, -0.05) is 19.4 Å². The van der Waals surface area contributed by atoms with Crippen LogP contribution in [0.4, 0.5) is 0 Å². The zero-order chi connectivity index (χ0) is 15.9. The highest BCUT2D eigenvalue weighted by Gasteiger charge is 2.22. The summed E-state index contributed by atoms with van der Waals surface area (Å²) < 4.78 is 11.0. The number of esters is 1. The van der Waals surface area contributed by atoms with Crippen molar-refractivity contribution < 1.29 is 14.3 Å². The Labute approximate surface area is 145 Å². The molecule has 1 aliphatic rings. The summed E-state index contributed by atoms with van der Waals surface area (Å²) in [7, 11) is 0. The highest BCUT2D eigenvalue weighted by Crippen LogP contribution is 2.26. The first-order valence-electron chi connectivity index (χ1n) is 8.34. The summed E-state index contributed by atoms with van der Waals surface area (Å²) in [6.45, 7) is 4.29. The molecule has 5 heteroatoms. The number of hydrogen-bond donors (Lipinski definition) is 1. The van der Waals surface area contributed by atoms with Crippen LogP contribution in [0.1, 0.15) is 50.7 Å². The van der Waals surface area contributed by atoms with Gasteiger partial charge >= 0.3 is 5.97 Å². The van der Waals surface area contributed by atoms with Gasteiger partial charge in [-0.2, -0.15) is 0 Å². The molecular weight excluding hydrogens is 314 g/mol. The average Bonchev–Trinajstić information content (AvgIpc) is 2.51. The number of nitrogens with two attached hydrogens (primary N) is 1. The Morgan fingerprint density at radius 3 is 2.83 bits per heavy atom. The molecule has 0 radical (unpaired) electrons. The lowest BCUT2D eigenvalue weighted by molar-refractivity contribution is -0.151. The van der Waals surface area contributed by atoms with Crippen LogP contribution in [0.25, 0.3) is 0 Å². The first-order valence-corrected chi connectivity index (χ1v) is 8.34. The number of rotatable bonds is 7. The molecule has 0 heterocycles. The van der Waals surface area contributed by atoms with Crippen molar-refractivity contribution in [1.29, 1.82) is 0 Å². The number of unbranched alkanes of at least 4 members (excludes halogenated alkanes) is 1. The number of halogens is 1. The van der Waals surface area contributed by atoms with Gasteiger partial charge in [0.2, 0.25) is 0 Å². The zero-order valence-electron chi connectivity index (χ0n) is 14.0. The van der Waals surface area contributed by atoms with Crippen LogP contribution in [0.3, 0.4) is 0 Å². The van der Waals surface area contributed by atoms with Crippen LogP contribution in [0.15, 0.2) is 18.2 Å². The predicted octanol–water partition coefficient (Wildman–Crippen LogP) is 3.43. The van der Waals surface area contributed by atoms with Gasteiger partial charge < -0.3 is 15.2 Å². The molecule has 1 aromatic rings. The van der Waals surface area contributed by atoms with E-state index in [2.05, 4.69) is 13.0 Å². The fourth-order valence-corrected chi connectivity index (χ4v) is 2.85. The van der Waals surface area contributed by atoms with E-state index in [-0.39, 0.29) is 24.4 Å². The molecule has 1 aliphatic carbocycles. The summed E-state index contributed by atoms with van der Waals surface area (Å²) in [5.41, 5.74) is 8.63. The molecule has 2 N–H and O–H groups in total. The number of fused-ring (bicyclic) bond motifs is 1. The monoisotopic (exact) mass is 341 g/mol. The number of carbonyl (C=O) groups is 1. The lowest BCUT2D eigenvalue weighted by atomic mass is 9.89. The summed E-state index contributed by atoms with van der Waals surface area (Å²) in [5.74, 6) is 0.465. The minimum Gasteiger partial charge on any atom is -0.479 e. The second kappa shape index (κ2) is 9.78. The van der Waals surface area contributed by atoms with Gasteiger partial charge in [0.05, 0.1) is 6.61 Å². The first-order chi connectivity index (χ1) is 10.6. The van der Waals surface area contributed by atoms with Crippen molar-refractivity contribution in [3.63, 3.8) is 0 Å². The Kier molecular flexibility index (Phi) is 8.42. The van der Waals surface area contributed by atoms with Gasteiger partial charge in [0.15, 0.2) is 6.10 Å². The summed E-state index contributed by atoms with van der Waals surface area (Å²) >= 11 is 0. The number of benzene rings is 1. The molecule has 2 unspecified atom stereocenters. The Balaban J connectivity index is 0.00000264. The third-order valence-electron chi connectivity index (χ3n) is 4.09. The van der Waals surface area contributed by atoms with Crippen LogP contribution in [-0.2, 0) is 22.4 Å². The van der Waals surface area contributed by atoms with E-state index in [0.717, 1.165) is 37.9 Å². The van der Waals surface area contributed by atoms with Gasteiger partial charge in [-0.05, 0) is 62.3 Å². The zero-order valence-corrected chi connectivity index (χ0v) is 14.9. The van der Waals surface area contributed by atoms with Crippen molar-refractivity contribution in [2.45, 2.75) is 64.5 Å². The van der Waals surface area contributed by atoms with Crippen LogP contribution in [0.2, 0.25) is 0 Å². The normalized spacial score (nSPS) is 17.6. The molecule has 2 atom stereocenters.